The van der Waals surface area contributed by atoms with Gasteiger partial charge >= 0.3 is 0 Å². The summed E-state index contributed by atoms with van der Waals surface area (Å²) < 4.78 is 0. The number of hydrogen-bond acceptors (Lipinski definition) is 3. The maximum absolute atomic E-state index is 3.46. The Bertz CT molecular complexity index is 201. The lowest BCUT2D eigenvalue weighted by molar-refractivity contribution is 0.0457. The molecule has 2 aliphatic heterocycles. The Hall–Kier alpha value is -0.120. The highest BCUT2D eigenvalue weighted by Crippen LogP contribution is 2.17. The zero-order valence-electron chi connectivity index (χ0n) is 10.9. The summed E-state index contributed by atoms with van der Waals surface area (Å²) in [5.41, 5.74) is 0. The van der Waals surface area contributed by atoms with E-state index in [1.807, 2.05) is 0 Å². The highest BCUT2D eigenvalue weighted by molar-refractivity contribution is 4.85. The van der Waals surface area contributed by atoms with E-state index in [2.05, 4.69) is 29.0 Å². The van der Waals surface area contributed by atoms with E-state index in [4.69, 9.17) is 0 Å². The van der Waals surface area contributed by atoms with Gasteiger partial charge in [0.05, 0.1) is 0 Å². The summed E-state index contributed by atoms with van der Waals surface area (Å²) in [6.07, 6.45) is 3.98. The topological polar surface area (TPSA) is 18.5 Å². The normalized spacial score (nSPS) is 30.8. The molecule has 2 aliphatic rings. The molecule has 3 heteroatoms. The van der Waals surface area contributed by atoms with Crippen molar-refractivity contribution in [2.24, 2.45) is 0 Å². The number of nitrogens with zero attached hydrogens (tertiary/aromatic N) is 2. The predicted molar refractivity (Wildman–Crippen MR) is 68.8 cm³/mol. The van der Waals surface area contributed by atoms with Crippen molar-refractivity contribution in [2.45, 2.75) is 45.2 Å². The van der Waals surface area contributed by atoms with Gasteiger partial charge < -0.3 is 5.32 Å². The molecule has 0 spiro atoms. The van der Waals surface area contributed by atoms with Crippen LogP contribution in [-0.4, -0.2) is 61.2 Å². The first-order valence-corrected chi connectivity index (χ1v) is 7.00. The molecule has 0 aliphatic carbocycles. The van der Waals surface area contributed by atoms with Gasteiger partial charge in [0.2, 0.25) is 0 Å². The molecule has 1 N–H and O–H groups in total. The van der Waals surface area contributed by atoms with Crippen molar-refractivity contribution in [1.82, 2.24) is 15.1 Å². The quantitative estimate of drug-likeness (QED) is 0.777. The fourth-order valence-electron chi connectivity index (χ4n) is 3.15. The van der Waals surface area contributed by atoms with Crippen molar-refractivity contribution >= 4 is 0 Å². The van der Waals surface area contributed by atoms with E-state index in [1.54, 1.807) is 0 Å². The minimum Gasteiger partial charge on any atom is -0.317 e. The van der Waals surface area contributed by atoms with Crippen molar-refractivity contribution in [1.29, 1.82) is 0 Å². The fourth-order valence-corrected chi connectivity index (χ4v) is 3.15. The zero-order chi connectivity index (χ0) is 11.4. The van der Waals surface area contributed by atoms with Gasteiger partial charge in [-0.25, -0.2) is 0 Å². The Morgan fingerprint density at radius 3 is 2.56 bits per heavy atom. The van der Waals surface area contributed by atoms with Gasteiger partial charge in [-0.1, -0.05) is 6.92 Å². The van der Waals surface area contributed by atoms with E-state index >= 15 is 0 Å². The van der Waals surface area contributed by atoms with E-state index in [-0.39, 0.29) is 0 Å². The molecule has 2 fully saturated rings. The molecule has 16 heavy (non-hydrogen) atoms. The summed E-state index contributed by atoms with van der Waals surface area (Å²) in [4.78, 5) is 5.38. The minimum absolute atomic E-state index is 0.753. The first kappa shape index (κ1) is 12.3. The summed E-state index contributed by atoms with van der Waals surface area (Å²) in [7, 11) is 0. The SMILES string of the molecule is CCCN1CCN(C2CCNCC2)CC1C. The van der Waals surface area contributed by atoms with Crippen LogP contribution in [0.25, 0.3) is 0 Å². The molecule has 1 atom stereocenters. The highest BCUT2D eigenvalue weighted by Gasteiger charge is 2.28. The lowest BCUT2D eigenvalue weighted by atomic mass is 10.0. The first-order valence-electron chi connectivity index (χ1n) is 7.00. The number of hydrogen-bond donors (Lipinski definition) is 1. The third kappa shape index (κ3) is 2.96. The maximum Gasteiger partial charge on any atom is 0.0195 e. The van der Waals surface area contributed by atoms with E-state index < -0.39 is 0 Å². The van der Waals surface area contributed by atoms with Gasteiger partial charge in [-0.05, 0) is 45.8 Å². The molecule has 3 nitrogen and oxygen atoms in total. The molecule has 2 saturated heterocycles. The molecule has 0 aromatic rings. The lowest BCUT2D eigenvalue weighted by Gasteiger charge is -2.44. The van der Waals surface area contributed by atoms with Crippen LogP contribution in [0, 0.1) is 0 Å². The third-order valence-electron chi connectivity index (χ3n) is 4.13. The van der Waals surface area contributed by atoms with Gasteiger partial charge in [-0.2, -0.15) is 0 Å². The molecule has 0 bridgehead atoms. The van der Waals surface area contributed by atoms with Crippen LogP contribution in [0.3, 0.4) is 0 Å². The lowest BCUT2D eigenvalue weighted by Crippen LogP contribution is -2.56. The van der Waals surface area contributed by atoms with Crippen LogP contribution in [0.4, 0.5) is 0 Å². The van der Waals surface area contributed by atoms with Gasteiger partial charge in [-0.15, -0.1) is 0 Å². The number of piperidine rings is 1. The van der Waals surface area contributed by atoms with E-state index in [9.17, 15) is 0 Å². The summed E-state index contributed by atoms with van der Waals surface area (Å²) in [6, 6.07) is 1.61. The molecular formula is C13H27N3. The molecule has 0 aromatic carbocycles. The van der Waals surface area contributed by atoms with Crippen LogP contribution < -0.4 is 5.32 Å². The van der Waals surface area contributed by atoms with Gasteiger partial charge in [-0.3, -0.25) is 9.80 Å². The molecule has 2 heterocycles. The Morgan fingerprint density at radius 1 is 1.19 bits per heavy atom. The summed E-state index contributed by atoms with van der Waals surface area (Å²) >= 11 is 0. The van der Waals surface area contributed by atoms with E-state index in [0.717, 1.165) is 12.1 Å². The van der Waals surface area contributed by atoms with Gasteiger partial charge in [0.15, 0.2) is 0 Å². The Labute approximate surface area is 100 Å². The average Bonchev–Trinajstić information content (AvgIpc) is 2.33. The standard InChI is InChI=1S/C13H27N3/c1-3-8-15-9-10-16(11-12(15)2)13-4-6-14-7-5-13/h12-14H,3-11H2,1-2H3. The van der Waals surface area contributed by atoms with Crippen LogP contribution in [0.5, 0.6) is 0 Å². The van der Waals surface area contributed by atoms with Crippen molar-refractivity contribution in [3.63, 3.8) is 0 Å². The molecule has 2 rings (SSSR count). The molecule has 0 saturated carbocycles. The second-order valence-electron chi connectivity index (χ2n) is 5.36. The van der Waals surface area contributed by atoms with Gasteiger partial charge in [0, 0.05) is 31.7 Å². The highest BCUT2D eigenvalue weighted by atomic mass is 15.3. The zero-order valence-corrected chi connectivity index (χ0v) is 10.9. The summed E-state index contributed by atoms with van der Waals surface area (Å²) in [5, 5.41) is 3.46. The predicted octanol–water partition coefficient (Wildman–Crippen LogP) is 1.15. The van der Waals surface area contributed by atoms with Crippen LogP contribution in [0.2, 0.25) is 0 Å². The molecule has 0 aromatic heterocycles. The molecule has 94 valence electrons. The van der Waals surface area contributed by atoms with Gasteiger partial charge in [0.25, 0.3) is 0 Å². The van der Waals surface area contributed by atoms with Crippen molar-refractivity contribution < 1.29 is 0 Å². The Morgan fingerprint density at radius 2 is 1.94 bits per heavy atom. The Kier molecular flexibility index (Phi) is 4.62. The van der Waals surface area contributed by atoms with Crippen molar-refractivity contribution in [3.8, 4) is 0 Å². The van der Waals surface area contributed by atoms with Crippen LogP contribution in [-0.2, 0) is 0 Å². The summed E-state index contributed by atoms with van der Waals surface area (Å²) in [6.45, 7) is 12.2. The largest absolute Gasteiger partial charge is 0.317 e. The minimum atomic E-state index is 0.753. The molecule has 0 amide bonds. The maximum atomic E-state index is 3.46. The van der Waals surface area contributed by atoms with E-state index in [0.29, 0.717) is 0 Å². The molecular weight excluding hydrogens is 198 g/mol. The fraction of sp³-hybridized carbons (Fsp3) is 1.00. The number of nitrogens with one attached hydrogen (secondary N) is 1. The monoisotopic (exact) mass is 225 g/mol. The average molecular weight is 225 g/mol. The van der Waals surface area contributed by atoms with Crippen LogP contribution in [0.1, 0.15) is 33.1 Å². The summed E-state index contributed by atoms with van der Waals surface area (Å²) in [5.74, 6) is 0. The van der Waals surface area contributed by atoms with Crippen LogP contribution in [0.15, 0.2) is 0 Å². The molecule has 1 unspecified atom stereocenters. The number of rotatable bonds is 3. The Balaban J connectivity index is 1.81. The third-order valence-corrected chi connectivity index (χ3v) is 4.13. The van der Waals surface area contributed by atoms with E-state index in [1.165, 1.54) is 58.5 Å². The number of piperazine rings is 1. The van der Waals surface area contributed by atoms with Crippen molar-refractivity contribution in [3.05, 3.63) is 0 Å². The molecule has 0 radical (unpaired) electrons. The van der Waals surface area contributed by atoms with Crippen molar-refractivity contribution in [2.75, 3.05) is 39.3 Å². The van der Waals surface area contributed by atoms with Crippen LogP contribution >= 0.6 is 0 Å². The second-order valence-corrected chi connectivity index (χ2v) is 5.36. The second kappa shape index (κ2) is 5.99. The first-order chi connectivity index (χ1) is 7.81. The van der Waals surface area contributed by atoms with Gasteiger partial charge in [0.1, 0.15) is 0 Å². The smallest absolute Gasteiger partial charge is 0.0195 e.